The van der Waals surface area contributed by atoms with Crippen molar-refractivity contribution in [3.63, 3.8) is 0 Å². The number of benzene rings is 2. The molecule has 4 aromatic rings. The van der Waals surface area contributed by atoms with E-state index >= 15 is 0 Å². The van der Waals surface area contributed by atoms with Crippen LogP contribution in [0.5, 0.6) is 0 Å². The normalized spacial score (nSPS) is 17.9. The fraction of sp³-hybridized carbons (Fsp3) is 0.310. The zero-order chi connectivity index (χ0) is 29.0. The molecule has 2 aromatic carbocycles. The lowest BCUT2D eigenvalue weighted by Crippen LogP contribution is -2.27. The molecule has 0 fully saturated rings. The van der Waals surface area contributed by atoms with Crippen molar-refractivity contribution >= 4 is 34.9 Å². The van der Waals surface area contributed by atoms with Gasteiger partial charge in [-0.05, 0) is 85.0 Å². The lowest BCUT2D eigenvalue weighted by atomic mass is 9.88. The van der Waals surface area contributed by atoms with E-state index in [1.54, 1.807) is 12.4 Å². The molecular weight excluding hydrogens is 553 g/mol. The Balaban J connectivity index is 0.000000166. The molecule has 12 heteroatoms. The summed E-state index contributed by atoms with van der Waals surface area (Å²) in [5.41, 5.74) is 17.9. The first-order valence-corrected chi connectivity index (χ1v) is 13.7. The monoisotopic (exact) mass is 582 g/mol. The van der Waals surface area contributed by atoms with Crippen LogP contribution in [0.1, 0.15) is 40.7 Å². The molecule has 2 aromatic heterocycles. The van der Waals surface area contributed by atoms with Gasteiger partial charge >= 0.3 is 6.18 Å². The lowest BCUT2D eigenvalue weighted by molar-refractivity contribution is -0.138. The van der Waals surface area contributed by atoms with Crippen LogP contribution in [-0.4, -0.2) is 32.0 Å². The predicted octanol–water partition coefficient (Wildman–Crippen LogP) is 5.74. The lowest BCUT2D eigenvalue weighted by Gasteiger charge is -2.22. The van der Waals surface area contributed by atoms with Crippen LogP contribution in [0.25, 0.3) is 0 Å². The van der Waals surface area contributed by atoms with Gasteiger partial charge in [0.05, 0.1) is 23.0 Å². The van der Waals surface area contributed by atoms with Gasteiger partial charge in [0.1, 0.15) is 0 Å². The summed E-state index contributed by atoms with van der Waals surface area (Å²) in [6.07, 6.45) is 6.01. The van der Waals surface area contributed by atoms with Crippen molar-refractivity contribution in [3.8, 4) is 0 Å². The second kappa shape index (κ2) is 12.4. The third-order valence-electron chi connectivity index (χ3n) is 7.06. The standard InChI is InChI=1S/C15H15F3N4.C14H15ClN4/c16-15(17,18)11-7-20-14(21-8-11)22-13-4-2-9-5-12(19)3-1-10(9)6-13;15-11-7-17-14(18-8-11)19-13-4-2-9-5-12(16)3-1-10(9)6-13/h2,4,6-8,12H,1,3,5,19H2,(H,20,21,22);2,4,6-8,12H,1,3,5,16H2,(H,17,18,19)/t2*12-/m00/s1. The smallest absolute Gasteiger partial charge is 0.327 e. The molecule has 0 unspecified atom stereocenters. The number of alkyl halides is 3. The highest BCUT2D eigenvalue weighted by Crippen LogP contribution is 2.29. The molecule has 2 atom stereocenters. The van der Waals surface area contributed by atoms with Crippen LogP contribution in [0.4, 0.5) is 36.4 Å². The van der Waals surface area contributed by atoms with Crippen LogP contribution < -0.4 is 22.1 Å². The Bertz CT molecular complexity index is 1480. The largest absolute Gasteiger partial charge is 0.419 e. The fourth-order valence-corrected chi connectivity index (χ4v) is 4.99. The number of aromatic nitrogens is 4. The number of nitrogens with one attached hydrogen (secondary N) is 2. The Morgan fingerprint density at radius 3 is 1.56 bits per heavy atom. The summed E-state index contributed by atoms with van der Waals surface area (Å²) in [7, 11) is 0. The second-order valence-electron chi connectivity index (χ2n) is 10.2. The maximum atomic E-state index is 12.5. The van der Waals surface area contributed by atoms with Crippen LogP contribution in [0.3, 0.4) is 0 Å². The van der Waals surface area contributed by atoms with Gasteiger partial charge < -0.3 is 22.1 Å². The molecular formula is C29H30ClF3N8. The Labute approximate surface area is 240 Å². The van der Waals surface area contributed by atoms with E-state index in [1.165, 1.54) is 22.3 Å². The quantitative estimate of drug-likeness (QED) is 0.240. The number of aryl methyl sites for hydroxylation is 2. The van der Waals surface area contributed by atoms with E-state index in [0.717, 1.165) is 62.3 Å². The molecule has 0 spiro atoms. The molecule has 0 bridgehead atoms. The second-order valence-corrected chi connectivity index (χ2v) is 10.7. The topological polar surface area (TPSA) is 128 Å². The molecule has 41 heavy (non-hydrogen) atoms. The minimum Gasteiger partial charge on any atom is -0.327 e. The Morgan fingerprint density at radius 2 is 1.12 bits per heavy atom. The number of fused-ring (bicyclic) bond motifs is 2. The zero-order valence-corrected chi connectivity index (χ0v) is 22.9. The summed E-state index contributed by atoms with van der Waals surface area (Å²) in [6, 6.07) is 12.6. The van der Waals surface area contributed by atoms with Gasteiger partial charge in [-0.3, -0.25) is 0 Å². The van der Waals surface area contributed by atoms with Gasteiger partial charge in [0.2, 0.25) is 11.9 Å². The molecule has 2 heterocycles. The van der Waals surface area contributed by atoms with Crippen molar-refractivity contribution in [1.82, 2.24) is 19.9 Å². The molecule has 6 N–H and O–H groups in total. The highest BCUT2D eigenvalue weighted by molar-refractivity contribution is 6.30. The van der Waals surface area contributed by atoms with Crippen LogP contribution in [0.2, 0.25) is 5.02 Å². The van der Waals surface area contributed by atoms with Gasteiger partial charge in [-0.2, -0.15) is 13.2 Å². The minimum absolute atomic E-state index is 0.139. The van der Waals surface area contributed by atoms with E-state index in [2.05, 4.69) is 42.7 Å². The van der Waals surface area contributed by atoms with Crippen molar-refractivity contribution in [2.24, 2.45) is 11.5 Å². The van der Waals surface area contributed by atoms with Gasteiger partial charge in [-0.1, -0.05) is 23.7 Å². The maximum Gasteiger partial charge on any atom is 0.419 e. The van der Waals surface area contributed by atoms with E-state index in [1.807, 2.05) is 24.3 Å². The maximum absolute atomic E-state index is 12.5. The number of halogens is 4. The molecule has 8 nitrogen and oxygen atoms in total. The molecule has 0 amide bonds. The first-order chi connectivity index (χ1) is 19.6. The Morgan fingerprint density at radius 1 is 0.683 bits per heavy atom. The molecule has 0 saturated heterocycles. The molecule has 0 radical (unpaired) electrons. The summed E-state index contributed by atoms with van der Waals surface area (Å²) in [6.45, 7) is 0. The summed E-state index contributed by atoms with van der Waals surface area (Å²) in [5, 5.41) is 6.64. The average Bonchev–Trinajstić information content (AvgIpc) is 2.95. The molecule has 2 aliphatic carbocycles. The molecule has 0 saturated carbocycles. The third kappa shape index (κ3) is 7.69. The SMILES string of the molecule is N[C@H]1CCc2cc(Nc3ncc(C(F)(F)F)cn3)ccc2C1.N[C@H]1CCc2cc(Nc3ncc(Cl)cn3)ccc2C1. The number of anilines is 4. The van der Waals surface area contributed by atoms with Gasteiger partial charge in [-0.25, -0.2) is 19.9 Å². The summed E-state index contributed by atoms with van der Waals surface area (Å²) >= 11 is 5.76. The number of nitrogens with two attached hydrogens (primary N) is 2. The molecule has 2 aliphatic rings. The van der Waals surface area contributed by atoms with Crippen LogP contribution in [0, 0.1) is 0 Å². The molecule has 214 valence electrons. The third-order valence-corrected chi connectivity index (χ3v) is 7.25. The first kappa shape index (κ1) is 28.7. The van der Waals surface area contributed by atoms with Gasteiger partial charge in [-0.15, -0.1) is 0 Å². The van der Waals surface area contributed by atoms with Gasteiger partial charge in [0.25, 0.3) is 0 Å². The van der Waals surface area contributed by atoms with Crippen LogP contribution in [-0.2, 0) is 31.9 Å². The van der Waals surface area contributed by atoms with Crippen molar-refractivity contribution < 1.29 is 13.2 Å². The van der Waals surface area contributed by atoms with Gasteiger partial charge in [0, 0.05) is 35.9 Å². The molecule has 6 rings (SSSR count). The van der Waals surface area contributed by atoms with Crippen LogP contribution in [0.15, 0.2) is 61.2 Å². The molecule has 0 aliphatic heterocycles. The number of nitrogens with zero attached hydrogens (tertiary/aromatic N) is 4. The Kier molecular flexibility index (Phi) is 8.67. The van der Waals surface area contributed by atoms with E-state index in [9.17, 15) is 13.2 Å². The summed E-state index contributed by atoms with van der Waals surface area (Å²) < 4.78 is 37.4. The summed E-state index contributed by atoms with van der Waals surface area (Å²) in [4.78, 5) is 15.7. The highest BCUT2D eigenvalue weighted by Gasteiger charge is 2.31. The predicted molar refractivity (Wildman–Crippen MR) is 154 cm³/mol. The fourth-order valence-electron chi connectivity index (χ4n) is 4.90. The van der Waals surface area contributed by atoms with E-state index in [4.69, 9.17) is 23.1 Å². The van der Waals surface area contributed by atoms with E-state index < -0.39 is 11.7 Å². The number of hydrogen-bond acceptors (Lipinski definition) is 8. The van der Waals surface area contributed by atoms with Crippen molar-refractivity contribution in [2.45, 2.75) is 56.8 Å². The Hall–Kier alpha value is -3.80. The van der Waals surface area contributed by atoms with Crippen molar-refractivity contribution in [2.75, 3.05) is 10.6 Å². The van der Waals surface area contributed by atoms with E-state index in [0.29, 0.717) is 17.0 Å². The first-order valence-electron chi connectivity index (χ1n) is 13.3. The zero-order valence-electron chi connectivity index (χ0n) is 22.1. The average molecular weight is 583 g/mol. The minimum atomic E-state index is -4.43. The van der Waals surface area contributed by atoms with E-state index in [-0.39, 0.29) is 12.0 Å². The van der Waals surface area contributed by atoms with Crippen molar-refractivity contribution in [3.05, 3.63) is 94.0 Å². The number of hydrogen-bond donors (Lipinski definition) is 4. The summed E-state index contributed by atoms with van der Waals surface area (Å²) in [5.74, 6) is 0.692. The highest BCUT2D eigenvalue weighted by atomic mass is 35.5. The van der Waals surface area contributed by atoms with Crippen LogP contribution >= 0.6 is 11.6 Å². The van der Waals surface area contributed by atoms with Gasteiger partial charge in [0.15, 0.2) is 0 Å². The number of rotatable bonds is 4. The van der Waals surface area contributed by atoms with Crippen molar-refractivity contribution in [1.29, 1.82) is 0 Å².